The van der Waals surface area contributed by atoms with E-state index < -0.39 is 0 Å². The van der Waals surface area contributed by atoms with Gasteiger partial charge in [0.2, 0.25) is 0 Å². The Morgan fingerprint density at radius 2 is 1.50 bits per heavy atom. The molecule has 0 radical (unpaired) electrons. The molecule has 0 aromatic rings. The van der Waals surface area contributed by atoms with Crippen LogP contribution in [0.1, 0.15) is 98.8 Å². The van der Waals surface area contributed by atoms with Gasteiger partial charge in [0.1, 0.15) is 0 Å². The third-order valence-electron chi connectivity index (χ3n) is 12.3. The minimum Gasteiger partial charge on any atom is -0.393 e. The van der Waals surface area contributed by atoms with E-state index in [1.165, 1.54) is 63.4 Å². The molecular formula is C28H47NO. The van der Waals surface area contributed by atoms with Gasteiger partial charge >= 0.3 is 0 Å². The molecule has 2 nitrogen and oxygen atoms in total. The Labute approximate surface area is 185 Å². The lowest BCUT2D eigenvalue weighted by Gasteiger charge is -2.69. The van der Waals surface area contributed by atoms with Gasteiger partial charge in [-0.05, 0) is 123 Å². The smallest absolute Gasteiger partial charge is 0.0594 e. The molecule has 30 heavy (non-hydrogen) atoms. The molecule has 170 valence electrons. The van der Waals surface area contributed by atoms with Gasteiger partial charge in [-0.25, -0.2) is 0 Å². The normalized spacial score (nSPS) is 57.0. The Hall–Kier alpha value is -0.340. The summed E-state index contributed by atoms with van der Waals surface area (Å²) >= 11 is 0. The van der Waals surface area contributed by atoms with Gasteiger partial charge in [0.25, 0.3) is 0 Å². The highest BCUT2D eigenvalue weighted by Crippen LogP contribution is 2.72. The number of fused-ring (bicyclic) bond motifs is 7. The van der Waals surface area contributed by atoms with Gasteiger partial charge in [0.05, 0.1) is 6.10 Å². The summed E-state index contributed by atoms with van der Waals surface area (Å²) in [5, 5.41) is 10.8. The highest BCUT2D eigenvalue weighted by molar-refractivity contribution is 5.20. The largest absolute Gasteiger partial charge is 0.393 e. The van der Waals surface area contributed by atoms with Crippen LogP contribution in [0, 0.1) is 51.8 Å². The zero-order valence-electron chi connectivity index (χ0n) is 20.3. The maximum Gasteiger partial charge on any atom is 0.0594 e. The Morgan fingerprint density at radius 3 is 2.20 bits per heavy atom. The summed E-state index contributed by atoms with van der Waals surface area (Å²) in [6.45, 7) is 16.7. The molecule has 0 bridgehead atoms. The van der Waals surface area contributed by atoms with E-state index in [-0.39, 0.29) is 17.1 Å². The summed E-state index contributed by atoms with van der Waals surface area (Å²) < 4.78 is 0. The molecule has 5 aliphatic rings. The van der Waals surface area contributed by atoms with Crippen LogP contribution in [0.5, 0.6) is 0 Å². The number of nitrogens with two attached hydrogens (primary N) is 1. The summed E-state index contributed by atoms with van der Waals surface area (Å²) in [5.41, 5.74) is 9.49. The fraction of sp³-hybridized carbons (Fsp3) is 0.929. The van der Waals surface area contributed by atoms with E-state index in [2.05, 4.69) is 41.2 Å². The Morgan fingerprint density at radius 1 is 0.833 bits per heavy atom. The highest BCUT2D eigenvalue weighted by atomic mass is 16.3. The molecule has 0 heterocycles. The van der Waals surface area contributed by atoms with Crippen LogP contribution in [0.4, 0.5) is 0 Å². The number of rotatable bonds is 1. The van der Waals surface area contributed by atoms with Crippen LogP contribution in [0.2, 0.25) is 0 Å². The number of aliphatic hydroxyl groups excluding tert-OH is 1. The number of aliphatic hydroxyl groups is 1. The van der Waals surface area contributed by atoms with Crippen molar-refractivity contribution in [1.29, 1.82) is 0 Å². The minimum atomic E-state index is -0.126. The van der Waals surface area contributed by atoms with Gasteiger partial charge in [0.15, 0.2) is 0 Å². The lowest BCUT2D eigenvalue weighted by molar-refractivity contribution is -0.212. The molecule has 5 fully saturated rings. The second-order valence-corrected chi connectivity index (χ2v) is 13.7. The van der Waals surface area contributed by atoms with Crippen molar-refractivity contribution >= 4 is 0 Å². The predicted octanol–water partition coefficient (Wildman–Crippen LogP) is 6.33. The summed E-state index contributed by atoms with van der Waals surface area (Å²) in [5.74, 6) is 4.43. The molecule has 0 saturated heterocycles. The van der Waals surface area contributed by atoms with E-state index in [9.17, 15) is 5.11 Å². The lowest BCUT2D eigenvalue weighted by atomic mass is 9.36. The van der Waals surface area contributed by atoms with Crippen LogP contribution in [0.25, 0.3) is 0 Å². The standard InChI is InChI=1S/C28H47NO/c1-17(2)18-9-15-28(29)16-10-20-19(24(18)28)7-8-22-26(20,5)13-11-21-25(3,4)23(30)12-14-27(21,22)6/h18-24,30H,1,7-16,29H2,2-6H3. The predicted molar refractivity (Wildman–Crippen MR) is 125 cm³/mol. The average Bonchev–Trinajstić information content (AvgIpc) is 3.03. The molecule has 10 unspecified atom stereocenters. The number of hydrogen-bond acceptors (Lipinski definition) is 2. The zero-order valence-corrected chi connectivity index (χ0v) is 20.3. The van der Waals surface area contributed by atoms with Crippen LogP contribution in [0.15, 0.2) is 12.2 Å². The van der Waals surface area contributed by atoms with E-state index in [1.807, 2.05) is 0 Å². The van der Waals surface area contributed by atoms with E-state index in [1.54, 1.807) is 0 Å². The van der Waals surface area contributed by atoms with Crippen molar-refractivity contribution in [3.8, 4) is 0 Å². The van der Waals surface area contributed by atoms with Crippen molar-refractivity contribution in [2.45, 2.75) is 110 Å². The zero-order chi connectivity index (χ0) is 21.7. The highest BCUT2D eigenvalue weighted by Gasteiger charge is 2.66. The van der Waals surface area contributed by atoms with E-state index in [4.69, 9.17) is 5.73 Å². The van der Waals surface area contributed by atoms with Gasteiger partial charge in [-0.3, -0.25) is 0 Å². The quantitative estimate of drug-likeness (QED) is 0.494. The van der Waals surface area contributed by atoms with Crippen LogP contribution in [0.3, 0.4) is 0 Å². The monoisotopic (exact) mass is 413 g/mol. The first kappa shape index (κ1) is 21.5. The summed E-state index contributed by atoms with van der Waals surface area (Å²) in [6, 6.07) is 0. The number of hydrogen-bond donors (Lipinski definition) is 2. The molecule has 0 aliphatic heterocycles. The Balaban J connectivity index is 1.49. The van der Waals surface area contributed by atoms with Gasteiger partial charge < -0.3 is 10.8 Å². The SMILES string of the molecule is C=C(C)C1CCC2(N)CCC3C(CCC4C3(C)CCC3C(C)(C)C(O)CCC34C)C12. The second-order valence-electron chi connectivity index (χ2n) is 13.7. The second kappa shape index (κ2) is 6.60. The fourth-order valence-corrected chi connectivity index (χ4v) is 10.9. The minimum absolute atomic E-state index is 0.0562. The molecule has 0 aromatic heterocycles. The Bertz CT molecular complexity index is 728. The fourth-order valence-electron chi connectivity index (χ4n) is 10.9. The van der Waals surface area contributed by atoms with E-state index in [0.29, 0.717) is 28.6 Å². The molecule has 5 rings (SSSR count). The first-order valence-corrected chi connectivity index (χ1v) is 13.1. The third-order valence-corrected chi connectivity index (χ3v) is 12.3. The summed E-state index contributed by atoms with van der Waals surface area (Å²) in [6.07, 6.45) is 12.6. The molecule has 3 N–H and O–H groups in total. The maximum atomic E-state index is 10.8. The summed E-state index contributed by atoms with van der Waals surface area (Å²) in [4.78, 5) is 0. The van der Waals surface area contributed by atoms with Crippen LogP contribution < -0.4 is 5.73 Å². The average molecular weight is 414 g/mol. The molecule has 5 saturated carbocycles. The van der Waals surface area contributed by atoms with Gasteiger partial charge in [-0.1, -0.05) is 39.8 Å². The van der Waals surface area contributed by atoms with Crippen LogP contribution in [-0.4, -0.2) is 16.7 Å². The van der Waals surface area contributed by atoms with Gasteiger partial charge in [-0.2, -0.15) is 0 Å². The lowest BCUT2D eigenvalue weighted by Crippen LogP contribution is -2.64. The molecule has 0 amide bonds. The molecule has 10 atom stereocenters. The molecular weight excluding hydrogens is 366 g/mol. The molecule has 5 aliphatic carbocycles. The van der Waals surface area contributed by atoms with E-state index >= 15 is 0 Å². The van der Waals surface area contributed by atoms with Crippen LogP contribution in [-0.2, 0) is 0 Å². The molecule has 0 aromatic carbocycles. The van der Waals surface area contributed by atoms with Gasteiger partial charge in [0, 0.05) is 5.54 Å². The first-order chi connectivity index (χ1) is 13.9. The van der Waals surface area contributed by atoms with Crippen molar-refractivity contribution in [1.82, 2.24) is 0 Å². The molecule has 2 heteroatoms. The molecule has 0 spiro atoms. The number of allylic oxidation sites excluding steroid dienone is 1. The van der Waals surface area contributed by atoms with Crippen molar-refractivity contribution in [2.75, 3.05) is 0 Å². The van der Waals surface area contributed by atoms with Crippen LogP contribution >= 0.6 is 0 Å². The Kier molecular flexibility index (Phi) is 4.73. The first-order valence-electron chi connectivity index (χ1n) is 13.1. The van der Waals surface area contributed by atoms with E-state index in [0.717, 1.165) is 24.2 Å². The summed E-state index contributed by atoms with van der Waals surface area (Å²) in [7, 11) is 0. The van der Waals surface area contributed by atoms with Crippen molar-refractivity contribution in [3.63, 3.8) is 0 Å². The topological polar surface area (TPSA) is 46.2 Å². The maximum absolute atomic E-state index is 10.8. The van der Waals surface area contributed by atoms with Crippen molar-refractivity contribution < 1.29 is 5.11 Å². The van der Waals surface area contributed by atoms with Crippen molar-refractivity contribution in [2.24, 2.45) is 57.5 Å². The third kappa shape index (κ3) is 2.62. The van der Waals surface area contributed by atoms with Crippen molar-refractivity contribution in [3.05, 3.63) is 12.2 Å². The van der Waals surface area contributed by atoms with Gasteiger partial charge in [-0.15, -0.1) is 0 Å².